The molecule has 0 fully saturated rings. The molecule has 2 atom stereocenters. The third-order valence-electron chi connectivity index (χ3n) is 16.9. The van der Waals surface area contributed by atoms with Gasteiger partial charge in [0.1, 0.15) is 13.2 Å². The SMILES string of the molecule is CC/C=C\C/C=C\C/C=C\C/C=C\CCCCCCCCCCCCCCCCCCC(=O)OC(COC(=O)CCCCCCCCCCCCCCCCCCCCCCCCC/C=C\C/C=C\CCCCCCC)COC(OCC[N+](C)(C)C)C(=O)O. The number of quaternary nitrogens is 1. The van der Waals surface area contributed by atoms with Crippen LogP contribution in [0, 0.1) is 0 Å². The molecule has 0 heterocycles. The Labute approximate surface area is 551 Å². The predicted octanol–water partition coefficient (Wildman–Crippen LogP) is 24.0. The number of hydrogen-bond acceptors (Lipinski definition) is 7. The van der Waals surface area contributed by atoms with Gasteiger partial charge in [0.05, 0.1) is 34.4 Å². The van der Waals surface area contributed by atoms with Crippen LogP contribution in [0.5, 0.6) is 0 Å². The molecule has 0 aliphatic heterocycles. The highest BCUT2D eigenvalue weighted by Gasteiger charge is 2.25. The van der Waals surface area contributed by atoms with Crippen molar-refractivity contribution >= 4 is 17.9 Å². The third kappa shape index (κ3) is 72.0. The summed E-state index contributed by atoms with van der Waals surface area (Å²) in [6.45, 7) is 4.81. The van der Waals surface area contributed by atoms with Crippen molar-refractivity contribution in [3.05, 3.63) is 72.9 Å². The number of ether oxygens (including phenoxy) is 4. The Balaban J connectivity index is 4.01. The second-order valence-corrected chi connectivity index (χ2v) is 26.9. The maximum atomic E-state index is 13.0. The number of nitrogens with zero attached hydrogens (tertiary/aromatic N) is 1. The lowest BCUT2D eigenvalue weighted by Gasteiger charge is -2.25. The molecule has 2 unspecified atom stereocenters. The average Bonchev–Trinajstić information content (AvgIpc) is 3.71. The molecule has 0 aromatic heterocycles. The first-order valence-corrected chi connectivity index (χ1v) is 38.1. The highest BCUT2D eigenvalue weighted by Crippen LogP contribution is 2.19. The predicted molar refractivity (Wildman–Crippen MR) is 383 cm³/mol. The van der Waals surface area contributed by atoms with E-state index in [-0.39, 0.29) is 38.2 Å². The lowest BCUT2D eigenvalue weighted by Crippen LogP contribution is -2.40. The monoisotopic (exact) mass is 1250 g/mol. The first kappa shape index (κ1) is 85.7. The molecule has 0 rings (SSSR count). The molecule has 9 heteroatoms. The van der Waals surface area contributed by atoms with Crippen LogP contribution in [0.15, 0.2) is 72.9 Å². The molecule has 0 aliphatic carbocycles. The van der Waals surface area contributed by atoms with Crippen molar-refractivity contribution < 1.29 is 42.9 Å². The maximum absolute atomic E-state index is 13.0. The van der Waals surface area contributed by atoms with Gasteiger partial charge in [0.25, 0.3) is 6.29 Å². The van der Waals surface area contributed by atoms with Gasteiger partial charge in [-0.1, -0.05) is 337 Å². The van der Waals surface area contributed by atoms with Gasteiger partial charge in [0, 0.05) is 12.8 Å². The Hall–Kier alpha value is -3.27. The summed E-state index contributed by atoms with van der Waals surface area (Å²) in [6.07, 6.45) is 91.9. The molecule has 0 amide bonds. The molecule has 0 aliphatic rings. The number of hydrogen-bond donors (Lipinski definition) is 1. The Kier molecular flexibility index (Phi) is 68.0. The second kappa shape index (κ2) is 70.6. The van der Waals surface area contributed by atoms with Crippen molar-refractivity contribution in [1.82, 2.24) is 0 Å². The van der Waals surface area contributed by atoms with E-state index in [0.717, 1.165) is 70.6 Å². The summed E-state index contributed by atoms with van der Waals surface area (Å²) < 4.78 is 23.0. The summed E-state index contributed by atoms with van der Waals surface area (Å²) in [6, 6.07) is 0. The highest BCUT2D eigenvalue weighted by molar-refractivity contribution is 5.71. The number of carboxylic acids is 1. The molecule has 89 heavy (non-hydrogen) atoms. The number of unbranched alkanes of at least 4 members (excludes halogenated alkanes) is 44. The van der Waals surface area contributed by atoms with Crippen molar-refractivity contribution in [3.63, 3.8) is 0 Å². The van der Waals surface area contributed by atoms with E-state index < -0.39 is 18.4 Å². The largest absolute Gasteiger partial charge is 0.477 e. The Bertz CT molecular complexity index is 1690. The minimum absolute atomic E-state index is 0.179. The molecule has 0 bridgehead atoms. The lowest BCUT2D eigenvalue weighted by atomic mass is 10.0. The van der Waals surface area contributed by atoms with Crippen LogP contribution in [0.2, 0.25) is 0 Å². The third-order valence-corrected chi connectivity index (χ3v) is 16.9. The van der Waals surface area contributed by atoms with E-state index in [2.05, 4.69) is 86.8 Å². The molecule has 0 spiro atoms. The molecule has 0 aromatic rings. The fourth-order valence-corrected chi connectivity index (χ4v) is 11.2. The van der Waals surface area contributed by atoms with Crippen molar-refractivity contribution in [1.29, 1.82) is 0 Å². The summed E-state index contributed by atoms with van der Waals surface area (Å²) >= 11 is 0. The summed E-state index contributed by atoms with van der Waals surface area (Å²) in [5.74, 6) is -1.98. The molecule has 0 saturated heterocycles. The van der Waals surface area contributed by atoms with E-state index in [1.807, 2.05) is 21.1 Å². The van der Waals surface area contributed by atoms with Crippen LogP contribution in [-0.2, 0) is 33.3 Å². The van der Waals surface area contributed by atoms with E-state index in [1.54, 1.807) is 0 Å². The topological polar surface area (TPSA) is 108 Å². The zero-order valence-corrected chi connectivity index (χ0v) is 59.3. The molecular weight excluding hydrogens is 1100 g/mol. The van der Waals surface area contributed by atoms with E-state index >= 15 is 0 Å². The second-order valence-electron chi connectivity index (χ2n) is 26.9. The number of esters is 2. The van der Waals surface area contributed by atoms with Crippen LogP contribution in [-0.4, -0.2) is 87.4 Å². The Morgan fingerprint density at radius 3 is 0.955 bits per heavy atom. The van der Waals surface area contributed by atoms with Gasteiger partial charge in [0.15, 0.2) is 6.10 Å². The van der Waals surface area contributed by atoms with E-state index in [1.165, 1.54) is 263 Å². The van der Waals surface area contributed by atoms with Crippen LogP contribution in [0.3, 0.4) is 0 Å². The fourth-order valence-electron chi connectivity index (χ4n) is 11.2. The van der Waals surface area contributed by atoms with Gasteiger partial charge in [-0.25, -0.2) is 4.79 Å². The lowest BCUT2D eigenvalue weighted by molar-refractivity contribution is -0.870. The smallest absolute Gasteiger partial charge is 0.361 e. The first-order valence-electron chi connectivity index (χ1n) is 38.1. The Morgan fingerprint density at radius 2 is 0.640 bits per heavy atom. The van der Waals surface area contributed by atoms with E-state index in [9.17, 15) is 19.5 Å². The number of rotatable bonds is 71. The van der Waals surface area contributed by atoms with Gasteiger partial charge in [0.2, 0.25) is 0 Å². The zero-order valence-electron chi connectivity index (χ0n) is 59.3. The number of likely N-dealkylation sites (N-methyl/N-ethyl adjacent to an activating group) is 1. The summed E-state index contributed by atoms with van der Waals surface area (Å²) in [4.78, 5) is 37.7. The highest BCUT2D eigenvalue weighted by atomic mass is 16.7. The minimum Gasteiger partial charge on any atom is -0.477 e. The number of carboxylic acid groups (broad SMARTS) is 1. The number of carbonyl (C=O) groups excluding carboxylic acids is 2. The number of allylic oxidation sites excluding steroid dienone is 12. The Morgan fingerprint density at radius 1 is 0.348 bits per heavy atom. The molecular formula is C80H146NO8+. The summed E-state index contributed by atoms with van der Waals surface area (Å²) in [5, 5.41) is 9.76. The van der Waals surface area contributed by atoms with Crippen molar-refractivity contribution in [2.24, 2.45) is 0 Å². The van der Waals surface area contributed by atoms with Crippen molar-refractivity contribution in [2.45, 2.75) is 373 Å². The van der Waals surface area contributed by atoms with Gasteiger partial charge < -0.3 is 28.5 Å². The average molecular weight is 1250 g/mol. The van der Waals surface area contributed by atoms with E-state index in [4.69, 9.17) is 18.9 Å². The van der Waals surface area contributed by atoms with Crippen LogP contribution in [0.25, 0.3) is 0 Å². The van der Waals surface area contributed by atoms with E-state index in [0.29, 0.717) is 17.4 Å². The van der Waals surface area contributed by atoms with Crippen LogP contribution in [0.1, 0.15) is 361 Å². The molecule has 0 radical (unpaired) electrons. The van der Waals surface area contributed by atoms with Crippen molar-refractivity contribution in [2.75, 3.05) is 47.5 Å². The normalized spacial score (nSPS) is 13.0. The molecule has 0 aromatic carbocycles. The molecule has 1 N–H and O–H groups in total. The van der Waals surface area contributed by atoms with Crippen LogP contribution < -0.4 is 0 Å². The summed E-state index contributed by atoms with van der Waals surface area (Å²) in [5.41, 5.74) is 0. The summed E-state index contributed by atoms with van der Waals surface area (Å²) in [7, 11) is 5.99. The van der Waals surface area contributed by atoms with Gasteiger partial charge in [-0.05, 0) is 83.5 Å². The molecule has 9 nitrogen and oxygen atoms in total. The standard InChI is InChI=1S/C80H145NO8/c1-6-8-10-12-14-16-18-20-22-24-26-28-30-32-34-36-37-38-39-40-41-43-44-46-48-50-52-54-56-58-60-62-64-66-68-70-77(82)87-74-76(75-88-80(79(84)85)86-73-72-81(3,4)5)89-78(83)71-69-67-65-63-61-59-57-55-53-51-49-47-45-42-35-33-31-29-27-25-23-21-19-17-15-13-11-9-7-2/h9,11,15,17-18,20-21,23-24,26-27,29,76,80H,6-8,10,12-14,16,19,22,25,28,30-75H2,1-5H3/p+1/b11-9-,17-15-,20-18-,23-21-,26-24-,29-27-. The maximum Gasteiger partial charge on any atom is 0.361 e. The van der Waals surface area contributed by atoms with Gasteiger partial charge >= 0.3 is 17.9 Å². The van der Waals surface area contributed by atoms with Gasteiger partial charge in [-0.3, -0.25) is 9.59 Å². The molecule has 0 saturated carbocycles. The molecule has 518 valence electrons. The van der Waals surface area contributed by atoms with Gasteiger partial charge in [-0.15, -0.1) is 0 Å². The zero-order chi connectivity index (χ0) is 64.7. The quantitative estimate of drug-likeness (QED) is 0.0211. The fraction of sp³-hybridized carbons (Fsp3) is 0.812. The van der Waals surface area contributed by atoms with Crippen LogP contribution >= 0.6 is 0 Å². The number of aliphatic carboxylic acids is 1. The number of carbonyl (C=O) groups is 3. The van der Waals surface area contributed by atoms with Crippen molar-refractivity contribution in [3.8, 4) is 0 Å². The van der Waals surface area contributed by atoms with Gasteiger partial charge in [-0.2, -0.15) is 0 Å². The first-order chi connectivity index (χ1) is 43.6. The van der Waals surface area contributed by atoms with Crippen LogP contribution in [0.4, 0.5) is 0 Å². The minimum atomic E-state index is -1.51.